The highest BCUT2D eigenvalue weighted by atomic mass is 16.5. The van der Waals surface area contributed by atoms with E-state index in [9.17, 15) is 9.90 Å². The van der Waals surface area contributed by atoms with Gasteiger partial charge in [-0.15, -0.1) is 0 Å². The lowest BCUT2D eigenvalue weighted by Gasteiger charge is -2.28. The summed E-state index contributed by atoms with van der Waals surface area (Å²) in [5.74, 6) is 1.06. The molecule has 29 heavy (non-hydrogen) atoms. The highest BCUT2D eigenvalue weighted by Crippen LogP contribution is 2.38. The maximum Gasteiger partial charge on any atom is 0.189 e. The Hall–Kier alpha value is -3.27. The van der Waals surface area contributed by atoms with Gasteiger partial charge < -0.3 is 14.6 Å². The van der Waals surface area contributed by atoms with E-state index in [4.69, 9.17) is 9.47 Å². The fourth-order valence-corrected chi connectivity index (χ4v) is 3.40. The molecule has 0 amide bonds. The molecule has 4 heteroatoms. The lowest BCUT2D eigenvalue weighted by Crippen LogP contribution is -2.27. The molecule has 0 atom stereocenters. The van der Waals surface area contributed by atoms with Crippen LogP contribution >= 0.6 is 0 Å². The molecule has 0 bridgehead atoms. The van der Waals surface area contributed by atoms with Crippen molar-refractivity contribution in [1.82, 2.24) is 0 Å². The second-order valence-corrected chi connectivity index (χ2v) is 8.45. The van der Waals surface area contributed by atoms with Crippen molar-refractivity contribution in [3.8, 4) is 17.2 Å². The Morgan fingerprint density at radius 2 is 1.59 bits per heavy atom. The van der Waals surface area contributed by atoms with Crippen LogP contribution < -0.4 is 9.47 Å². The van der Waals surface area contributed by atoms with Crippen LogP contribution in [0.3, 0.4) is 0 Å². The number of phenolic OH excluding ortho intramolecular Hbond substituents is 1. The molecular weight excluding hydrogens is 364 g/mol. The highest BCUT2D eigenvalue weighted by molar-refractivity contribution is 6.09. The maximum absolute atomic E-state index is 12.7. The number of carbonyl (C=O) groups excluding carboxylic acids is 1. The van der Waals surface area contributed by atoms with Gasteiger partial charge in [-0.3, -0.25) is 4.79 Å². The number of hydrogen-bond acceptors (Lipinski definition) is 4. The van der Waals surface area contributed by atoms with Crippen molar-refractivity contribution < 1.29 is 19.4 Å². The topological polar surface area (TPSA) is 55.8 Å². The van der Waals surface area contributed by atoms with Crippen molar-refractivity contribution in [1.29, 1.82) is 0 Å². The van der Waals surface area contributed by atoms with Gasteiger partial charge in [-0.2, -0.15) is 0 Å². The number of carbonyl (C=O) groups is 1. The summed E-state index contributed by atoms with van der Waals surface area (Å²) in [6.07, 6.45) is 10.9. The third kappa shape index (κ3) is 3.83. The average Bonchev–Trinajstić information content (AvgIpc) is 2.65. The number of ether oxygens (including phenoxy) is 2. The van der Waals surface area contributed by atoms with Crippen LogP contribution in [0.5, 0.6) is 17.2 Å². The summed E-state index contributed by atoms with van der Waals surface area (Å²) in [7, 11) is 0. The molecule has 2 heterocycles. The molecule has 4 nitrogen and oxygen atoms in total. The summed E-state index contributed by atoms with van der Waals surface area (Å²) in [6.45, 7) is 7.88. The zero-order valence-corrected chi connectivity index (χ0v) is 17.0. The van der Waals surface area contributed by atoms with E-state index in [2.05, 4.69) is 0 Å². The van der Waals surface area contributed by atoms with Crippen molar-refractivity contribution in [3.63, 3.8) is 0 Å². The van der Waals surface area contributed by atoms with E-state index in [0.717, 1.165) is 16.9 Å². The van der Waals surface area contributed by atoms with Crippen LogP contribution in [0.15, 0.2) is 48.6 Å². The van der Waals surface area contributed by atoms with Crippen molar-refractivity contribution in [2.75, 3.05) is 0 Å². The molecule has 2 aliphatic heterocycles. The molecule has 0 fully saturated rings. The second-order valence-electron chi connectivity index (χ2n) is 8.45. The van der Waals surface area contributed by atoms with Crippen molar-refractivity contribution in [2.45, 2.75) is 38.9 Å². The molecule has 0 unspecified atom stereocenters. The van der Waals surface area contributed by atoms with Crippen LogP contribution in [-0.2, 0) is 0 Å². The van der Waals surface area contributed by atoms with Gasteiger partial charge >= 0.3 is 0 Å². The Kier molecular flexibility index (Phi) is 4.38. The molecule has 2 aromatic rings. The minimum atomic E-state index is -0.440. The summed E-state index contributed by atoms with van der Waals surface area (Å²) < 4.78 is 11.8. The van der Waals surface area contributed by atoms with E-state index >= 15 is 0 Å². The summed E-state index contributed by atoms with van der Waals surface area (Å²) in [5, 5.41) is 10.6. The molecule has 1 N–H and O–H groups in total. The number of benzene rings is 2. The second kappa shape index (κ2) is 6.66. The van der Waals surface area contributed by atoms with Gasteiger partial charge in [-0.25, -0.2) is 0 Å². The molecule has 0 spiro atoms. The molecule has 0 saturated carbocycles. The predicted octanol–water partition coefficient (Wildman–Crippen LogP) is 5.66. The molecule has 2 aromatic carbocycles. The monoisotopic (exact) mass is 388 g/mol. The normalized spacial score (nSPS) is 17.9. The standard InChI is InChI=1S/C25H24O4/c1-24(2)13-11-17-15-16(6-9-21(17)28-24)5-8-20(26)18-7-10-22-19(23(18)27)12-14-25(3,4)29-22/h5-15,27H,1-4H3/b8-5+. The van der Waals surface area contributed by atoms with E-state index in [1.165, 1.54) is 6.08 Å². The van der Waals surface area contributed by atoms with Crippen LogP contribution in [0.1, 0.15) is 54.7 Å². The van der Waals surface area contributed by atoms with E-state index in [0.29, 0.717) is 11.3 Å². The molecule has 0 aromatic heterocycles. The lowest BCUT2D eigenvalue weighted by molar-refractivity contribution is 0.104. The van der Waals surface area contributed by atoms with Gasteiger partial charge in [0.1, 0.15) is 28.5 Å². The summed E-state index contributed by atoms with van der Waals surface area (Å²) in [4.78, 5) is 12.7. The molecular formula is C25H24O4. The van der Waals surface area contributed by atoms with Crippen LogP contribution in [0.4, 0.5) is 0 Å². The lowest BCUT2D eigenvalue weighted by atomic mass is 9.97. The minimum absolute atomic E-state index is 0.0621. The highest BCUT2D eigenvalue weighted by Gasteiger charge is 2.25. The van der Waals surface area contributed by atoms with Gasteiger partial charge in [0.2, 0.25) is 0 Å². The number of aromatic hydroxyl groups is 1. The van der Waals surface area contributed by atoms with Crippen LogP contribution in [0, 0.1) is 0 Å². The summed E-state index contributed by atoms with van der Waals surface area (Å²) in [5.41, 5.74) is 1.87. The Labute approximate surface area is 170 Å². The smallest absolute Gasteiger partial charge is 0.189 e. The first kappa shape index (κ1) is 19.1. The number of rotatable bonds is 3. The quantitative estimate of drug-likeness (QED) is 0.545. The van der Waals surface area contributed by atoms with E-state index in [-0.39, 0.29) is 22.7 Å². The number of phenols is 1. The van der Waals surface area contributed by atoms with Crippen molar-refractivity contribution in [3.05, 3.63) is 70.8 Å². The molecule has 2 aliphatic rings. The minimum Gasteiger partial charge on any atom is -0.506 e. The van der Waals surface area contributed by atoms with E-state index in [1.807, 2.05) is 64.1 Å². The number of ketones is 1. The largest absolute Gasteiger partial charge is 0.506 e. The van der Waals surface area contributed by atoms with Crippen LogP contribution in [0.2, 0.25) is 0 Å². The number of allylic oxidation sites excluding steroid dienone is 1. The van der Waals surface area contributed by atoms with Gasteiger partial charge in [-0.1, -0.05) is 18.2 Å². The first-order chi connectivity index (χ1) is 13.6. The van der Waals surface area contributed by atoms with Crippen molar-refractivity contribution >= 4 is 24.0 Å². The Morgan fingerprint density at radius 1 is 0.931 bits per heavy atom. The van der Waals surface area contributed by atoms with Gasteiger partial charge in [0, 0.05) is 5.56 Å². The number of fused-ring (bicyclic) bond motifs is 2. The zero-order chi connectivity index (χ0) is 20.8. The van der Waals surface area contributed by atoms with Gasteiger partial charge in [0.25, 0.3) is 0 Å². The summed E-state index contributed by atoms with van der Waals surface area (Å²) >= 11 is 0. The SMILES string of the molecule is CC1(C)C=Cc2cc(/C=C/C(=O)c3ccc4c(c3O)C=CC(C)(C)O4)ccc2O1. The predicted molar refractivity (Wildman–Crippen MR) is 115 cm³/mol. The van der Waals surface area contributed by atoms with Gasteiger partial charge in [0.05, 0.1) is 11.1 Å². The fraction of sp³-hybridized carbons (Fsp3) is 0.240. The van der Waals surface area contributed by atoms with E-state index < -0.39 is 5.60 Å². The molecule has 148 valence electrons. The third-order valence-electron chi connectivity index (χ3n) is 4.97. The molecule has 4 rings (SSSR count). The maximum atomic E-state index is 12.7. The zero-order valence-electron chi connectivity index (χ0n) is 17.0. The van der Waals surface area contributed by atoms with Crippen molar-refractivity contribution in [2.24, 2.45) is 0 Å². The number of hydrogen-bond donors (Lipinski definition) is 1. The average molecular weight is 388 g/mol. The summed E-state index contributed by atoms with van der Waals surface area (Å²) in [6, 6.07) is 9.11. The van der Waals surface area contributed by atoms with E-state index in [1.54, 1.807) is 24.3 Å². The Bertz CT molecular complexity index is 1080. The first-order valence-electron chi connectivity index (χ1n) is 9.62. The first-order valence-corrected chi connectivity index (χ1v) is 9.62. The van der Waals surface area contributed by atoms with Crippen LogP contribution in [0.25, 0.3) is 18.2 Å². The third-order valence-corrected chi connectivity index (χ3v) is 4.97. The molecule has 0 radical (unpaired) electrons. The van der Waals surface area contributed by atoms with Gasteiger partial charge in [0.15, 0.2) is 5.78 Å². The Balaban J connectivity index is 1.57. The fourth-order valence-electron chi connectivity index (χ4n) is 3.40. The molecule has 0 saturated heterocycles. The van der Waals surface area contributed by atoms with Gasteiger partial charge in [-0.05, 0) is 81.8 Å². The Morgan fingerprint density at radius 3 is 2.34 bits per heavy atom. The van der Waals surface area contributed by atoms with Crippen LogP contribution in [-0.4, -0.2) is 22.1 Å². The molecule has 0 aliphatic carbocycles.